The highest BCUT2D eigenvalue weighted by Crippen LogP contribution is 2.33. The van der Waals surface area contributed by atoms with E-state index in [1.165, 1.54) is 0 Å². The van der Waals surface area contributed by atoms with Gasteiger partial charge in [-0.3, -0.25) is 9.59 Å². The second-order valence-electron chi connectivity index (χ2n) is 5.84. The van der Waals surface area contributed by atoms with Crippen LogP contribution in [0, 0.1) is 11.8 Å². The molecule has 1 saturated heterocycles. The van der Waals surface area contributed by atoms with Gasteiger partial charge in [0.25, 0.3) is 0 Å². The lowest BCUT2D eigenvalue weighted by Gasteiger charge is -2.31. The van der Waals surface area contributed by atoms with E-state index in [9.17, 15) is 19.8 Å². The molecule has 5 nitrogen and oxygen atoms in total. The van der Waals surface area contributed by atoms with E-state index >= 15 is 0 Å². The van der Waals surface area contributed by atoms with Gasteiger partial charge in [-0.05, 0) is 26.2 Å². The summed E-state index contributed by atoms with van der Waals surface area (Å²) in [6, 6.07) is 0. The van der Waals surface area contributed by atoms with Crippen molar-refractivity contribution in [3.05, 3.63) is 0 Å². The Morgan fingerprint density at radius 2 is 1.83 bits per heavy atom. The van der Waals surface area contributed by atoms with Gasteiger partial charge in [0.05, 0.1) is 17.4 Å². The van der Waals surface area contributed by atoms with Gasteiger partial charge < -0.3 is 15.1 Å². The average Bonchev–Trinajstić information content (AvgIpc) is 2.68. The highest BCUT2D eigenvalue weighted by atomic mass is 16.4. The molecular weight excluding hydrogens is 234 g/mol. The first-order valence-electron chi connectivity index (χ1n) is 6.65. The van der Waals surface area contributed by atoms with Crippen molar-refractivity contribution in [2.75, 3.05) is 13.1 Å². The molecule has 1 unspecified atom stereocenters. The van der Waals surface area contributed by atoms with Crippen LogP contribution >= 0.6 is 0 Å². The van der Waals surface area contributed by atoms with Gasteiger partial charge in [0.1, 0.15) is 0 Å². The second kappa shape index (κ2) is 4.88. The maximum atomic E-state index is 12.4. The number of carboxylic acid groups (broad SMARTS) is 1. The van der Waals surface area contributed by atoms with Crippen LogP contribution in [-0.4, -0.2) is 45.7 Å². The van der Waals surface area contributed by atoms with E-state index in [2.05, 4.69) is 0 Å². The number of carboxylic acids is 1. The molecule has 1 aliphatic carbocycles. The third-order valence-corrected chi connectivity index (χ3v) is 4.16. The molecular formula is C13H21NO4. The number of likely N-dealkylation sites (tertiary alicyclic amines) is 1. The summed E-state index contributed by atoms with van der Waals surface area (Å²) in [7, 11) is 0. The Labute approximate surface area is 107 Å². The van der Waals surface area contributed by atoms with Gasteiger partial charge in [-0.2, -0.15) is 0 Å². The van der Waals surface area contributed by atoms with Gasteiger partial charge in [-0.25, -0.2) is 0 Å². The van der Waals surface area contributed by atoms with E-state index in [4.69, 9.17) is 0 Å². The SMILES string of the molecule is CC1(O)CCN(C(=O)[C@@H]2CCCC[C@@H]2C(=O)O)C1. The molecule has 2 rings (SSSR count). The lowest BCUT2D eigenvalue weighted by molar-refractivity contribution is -0.152. The van der Waals surface area contributed by atoms with Crippen molar-refractivity contribution >= 4 is 11.9 Å². The predicted octanol–water partition coefficient (Wildman–Crippen LogP) is 0.861. The van der Waals surface area contributed by atoms with Gasteiger partial charge in [-0.15, -0.1) is 0 Å². The zero-order valence-electron chi connectivity index (χ0n) is 10.8. The molecule has 1 amide bonds. The van der Waals surface area contributed by atoms with Crippen molar-refractivity contribution in [2.45, 2.75) is 44.6 Å². The summed E-state index contributed by atoms with van der Waals surface area (Å²) in [5.41, 5.74) is -0.816. The number of carbonyl (C=O) groups is 2. The Bertz CT molecular complexity index is 353. The molecule has 5 heteroatoms. The van der Waals surface area contributed by atoms with E-state index in [1.54, 1.807) is 11.8 Å². The summed E-state index contributed by atoms with van der Waals surface area (Å²) in [6.07, 6.45) is 3.64. The van der Waals surface area contributed by atoms with E-state index in [1.807, 2.05) is 0 Å². The van der Waals surface area contributed by atoms with Crippen molar-refractivity contribution < 1.29 is 19.8 Å². The first-order chi connectivity index (χ1) is 8.41. The minimum absolute atomic E-state index is 0.0834. The number of aliphatic hydroxyl groups is 1. The summed E-state index contributed by atoms with van der Waals surface area (Å²) < 4.78 is 0. The van der Waals surface area contributed by atoms with Crippen molar-refractivity contribution in [2.24, 2.45) is 11.8 Å². The number of hydrogen-bond acceptors (Lipinski definition) is 3. The highest BCUT2D eigenvalue weighted by molar-refractivity contribution is 5.85. The lowest BCUT2D eigenvalue weighted by atomic mass is 9.78. The van der Waals surface area contributed by atoms with Crippen LogP contribution in [0.1, 0.15) is 39.0 Å². The van der Waals surface area contributed by atoms with Crippen LogP contribution in [0.5, 0.6) is 0 Å². The minimum atomic E-state index is -0.862. The monoisotopic (exact) mass is 255 g/mol. The Morgan fingerprint density at radius 3 is 2.33 bits per heavy atom. The summed E-state index contributed by atoms with van der Waals surface area (Å²) in [5.74, 6) is -1.89. The second-order valence-corrected chi connectivity index (χ2v) is 5.84. The predicted molar refractivity (Wildman–Crippen MR) is 64.9 cm³/mol. The molecule has 0 bridgehead atoms. The fourth-order valence-electron chi connectivity index (χ4n) is 3.09. The molecule has 2 fully saturated rings. The Kier molecular flexibility index (Phi) is 3.61. The molecule has 0 radical (unpaired) electrons. The van der Waals surface area contributed by atoms with Crippen LogP contribution < -0.4 is 0 Å². The van der Waals surface area contributed by atoms with E-state index in [0.29, 0.717) is 32.4 Å². The van der Waals surface area contributed by atoms with Crippen LogP contribution in [0.3, 0.4) is 0 Å². The molecule has 2 N–H and O–H groups in total. The molecule has 102 valence electrons. The molecule has 0 aromatic rings. The molecule has 0 spiro atoms. The molecule has 18 heavy (non-hydrogen) atoms. The number of hydrogen-bond donors (Lipinski definition) is 2. The fraction of sp³-hybridized carbons (Fsp3) is 0.846. The van der Waals surface area contributed by atoms with Crippen LogP contribution in [0.2, 0.25) is 0 Å². The minimum Gasteiger partial charge on any atom is -0.481 e. The van der Waals surface area contributed by atoms with Gasteiger partial charge in [-0.1, -0.05) is 12.8 Å². The number of rotatable bonds is 2. The average molecular weight is 255 g/mol. The third kappa shape index (κ3) is 2.66. The van der Waals surface area contributed by atoms with Gasteiger partial charge in [0.2, 0.25) is 5.91 Å². The van der Waals surface area contributed by atoms with E-state index in [0.717, 1.165) is 12.8 Å². The normalized spacial score (nSPS) is 36.7. The first kappa shape index (κ1) is 13.3. The van der Waals surface area contributed by atoms with Crippen molar-refractivity contribution in [3.63, 3.8) is 0 Å². The molecule has 2 aliphatic rings. The Balaban J connectivity index is 2.05. The Morgan fingerprint density at radius 1 is 1.22 bits per heavy atom. The molecule has 0 aromatic heterocycles. The summed E-state index contributed by atoms with van der Waals surface area (Å²) in [6.45, 7) is 2.58. The fourth-order valence-corrected chi connectivity index (χ4v) is 3.09. The number of aliphatic carboxylic acids is 1. The number of amides is 1. The third-order valence-electron chi connectivity index (χ3n) is 4.16. The molecule has 0 aromatic carbocycles. The summed E-state index contributed by atoms with van der Waals surface area (Å²) in [5, 5.41) is 19.1. The zero-order valence-corrected chi connectivity index (χ0v) is 10.8. The highest BCUT2D eigenvalue weighted by Gasteiger charge is 2.41. The van der Waals surface area contributed by atoms with Gasteiger partial charge in [0, 0.05) is 13.1 Å². The van der Waals surface area contributed by atoms with E-state index < -0.39 is 23.4 Å². The first-order valence-corrected chi connectivity index (χ1v) is 6.65. The standard InChI is InChI=1S/C13H21NO4/c1-13(18)6-7-14(8-13)11(15)9-4-2-3-5-10(9)12(16)17/h9-10,18H,2-8H2,1H3,(H,16,17)/t9-,10+,13?/m1/s1. The number of nitrogens with zero attached hydrogens (tertiary/aromatic N) is 1. The van der Waals surface area contributed by atoms with Crippen molar-refractivity contribution in [1.29, 1.82) is 0 Å². The summed E-state index contributed by atoms with van der Waals surface area (Å²) in [4.78, 5) is 25.2. The van der Waals surface area contributed by atoms with Gasteiger partial charge >= 0.3 is 5.97 Å². The van der Waals surface area contributed by atoms with E-state index in [-0.39, 0.29) is 5.91 Å². The Hall–Kier alpha value is -1.10. The van der Waals surface area contributed by atoms with Crippen molar-refractivity contribution in [3.8, 4) is 0 Å². The summed E-state index contributed by atoms with van der Waals surface area (Å²) >= 11 is 0. The maximum Gasteiger partial charge on any atom is 0.307 e. The number of carbonyl (C=O) groups excluding carboxylic acids is 1. The van der Waals surface area contributed by atoms with Crippen LogP contribution in [-0.2, 0) is 9.59 Å². The van der Waals surface area contributed by atoms with Gasteiger partial charge in [0.15, 0.2) is 0 Å². The molecule has 1 heterocycles. The van der Waals surface area contributed by atoms with Crippen LogP contribution in [0.15, 0.2) is 0 Å². The molecule has 1 aliphatic heterocycles. The smallest absolute Gasteiger partial charge is 0.307 e. The van der Waals surface area contributed by atoms with Crippen LogP contribution in [0.4, 0.5) is 0 Å². The topological polar surface area (TPSA) is 77.8 Å². The largest absolute Gasteiger partial charge is 0.481 e. The molecule has 3 atom stereocenters. The van der Waals surface area contributed by atoms with Crippen molar-refractivity contribution in [1.82, 2.24) is 4.90 Å². The lowest BCUT2D eigenvalue weighted by Crippen LogP contribution is -2.43. The number of β-amino-alcohol motifs (C(OH)–C–C–N with tert-alkyl or cyclic N) is 1. The zero-order chi connectivity index (χ0) is 13.3. The quantitative estimate of drug-likeness (QED) is 0.767. The van der Waals surface area contributed by atoms with Crippen LogP contribution in [0.25, 0.3) is 0 Å². The molecule has 1 saturated carbocycles. The maximum absolute atomic E-state index is 12.4.